The van der Waals surface area contributed by atoms with Gasteiger partial charge in [0.25, 0.3) is 0 Å². The second kappa shape index (κ2) is 18.5. The van der Waals surface area contributed by atoms with Gasteiger partial charge >= 0.3 is 18.0 Å². The number of carbonyl (C=O) groups excluding carboxylic acids is 4. The standard InChI is InChI=1S/C38H54N2O11/c1-22(2)32(40-37(44)51-38(5,6)7)34(41)39-33(23(3)4)36(43)49-16-15-48-29-14-12-25(20-31(29)47-10)18-27-26(21-50-35(27)42)17-24-11-13-28(45-8)30(19-24)46-9/h11-14,19-20,22-23,26-27,32-33H,15-18,21H2,1-10H3,(H,39,41)(H,40,44)/t26?,27?,32-,33-/m0/s1. The number of esters is 2. The van der Waals surface area contributed by atoms with Gasteiger partial charge < -0.3 is 43.8 Å². The lowest BCUT2D eigenvalue weighted by Gasteiger charge is -2.27. The highest BCUT2D eigenvalue weighted by Gasteiger charge is 2.37. The molecule has 13 heteroatoms. The Labute approximate surface area is 301 Å². The molecule has 2 unspecified atom stereocenters. The van der Waals surface area contributed by atoms with Crippen LogP contribution in [0, 0.1) is 23.7 Å². The van der Waals surface area contributed by atoms with Crippen molar-refractivity contribution in [2.75, 3.05) is 41.2 Å². The Morgan fingerprint density at radius 2 is 1.35 bits per heavy atom. The van der Waals surface area contributed by atoms with Crippen molar-refractivity contribution in [3.05, 3.63) is 47.5 Å². The number of carbonyl (C=O) groups is 4. The van der Waals surface area contributed by atoms with Gasteiger partial charge in [0.2, 0.25) is 5.91 Å². The fourth-order valence-corrected chi connectivity index (χ4v) is 5.67. The van der Waals surface area contributed by atoms with Crippen molar-refractivity contribution in [1.82, 2.24) is 10.6 Å². The summed E-state index contributed by atoms with van der Waals surface area (Å²) in [5, 5.41) is 5.31. The number of cyclic esters (lactones) is 1. The SMILES string of the molecule is COc1ccc(CC2COC(=O)C2Cc2ccc(OCCOC(=O)[C@@H](NC(=O)[C@@H](NC(=O)OC(C)(C)C)C(C)C)C(C)C)c(OC)c2)cc1OC. The second-order valence-electron chi connectivity index (χ2n) is 14.2. The molecule has 0 saturated carbocycles. The maximum atomic E-state index is 13.1. The first-order valence-electron chi connectivity index (χ1n) is 17.2. The van der Waals surface area contributed by atoms with Crippen molar-refractivity contribution >= 4 is 23.9 Å². The molecule has 2 N–H and O–H groups in total. The Bertz CT molecular complexity index is 1500. The first kappa shape index (κ1) is 40.7. The van der Waals surface area contributed by atoms with Gasteiger partial charge in [-0.05, 0) is 80.8 Å². The third kappa shape index (κ3) is 12.0. The van der Waals surface area contributed by atoms with Crippen molar-refractivity contribution in [3.8, 4) is 23.0 Å². The molecular formula is C38H54N2O11. The molecule has 1 heterocycles. The van der Waals surface area contributed by atoms with Crippen LogP contribution in [0.2, 0.25) is 0 Å². The third-order valence-electron chi connectivity index (χ3n) is 8.37. The number of hydrogen-bond acceptors (Lipinski definition) is 11. The summed E-state index contributed by atoms with van der Waals surface area (Å²) in [6, 6.07) is 9.29. The molecule has 0 spiro atoms. The van der Waals surface area contributed by atoms with Gasteiger partial charge in [-0.1, -0.05) is 39.8 Å². The summed E-state index contributed by atoms with van der Waals surface area (Å²) in [5.74, 6) is -0.148. The largest absolute Gasteiger partial charge is 0.493 e. The summed E-state index contributed by atoms with van der Waals surface area (Å²) < 4.78 is 38.4. The van der Waals surface area contributed by atoms with Crippen LogP contribution in [0.1, 0.15) is 59.6 Å². The van der Waals surface area contributed by atoms with Gasteiger partial charge in [-0.15, -0.1) is 0 Å². The zero-order valence-corrected chi connectivity index (χ0v) is 31.5. The number of alkyl carbamates (subject to hydrolysis) is 1. The highest BCUT2D eigenvalue weighted by Crippen LogP contribution is 2.35. The first-order chi connectivity index (χ1) is 24.1. The van der Waals surface area contributed by atoms with Gasteiger partial charge in [-0.25, -0.2) is 9.59 Å². The van der Waals surface area contributed by atoms with Gasteiger partial charge in [0.15, 0.2) is 23.0 Å². The quantitative estimate of drug-likeness (QED) is 0.131. The molecular weight excluding hydrogens is 660 g/mol. The van der Waals surface area contributed by atoms with Gasteiger partial charge in [-0.2, -0.15) is 0 Å². The molecule has 0 aromatic heterocycles. The molecule has 3 rings (SSSR count). The van der Waals surface area contributed by atoms with E-state index in [2.05, 4.69) is 10.6 Å². The van der Waals surface area contributed by atoms with E-state index in [0.717, 1.165) is 11.1 Å². The molecule has 2 amide bonds. The van der Waals surface area contributed by atoms with E-state index >= 15 is 0 Å². The molecule has 4 atom stereocenters. The minimum atomic E-state index is -0.953. The highest BCUT2D eigenvalue weighted by atomic mass is 16.6. The normalized spacial score (nSPS) is 16.9. The topological polar surface area (TPSA) is 157 Å². The Morgan fingerprint density at radius 1 is 0.784 bits per heavy atom. The number of amides is 2. The Balaban J connectivity index is 1.56. The molecule has 0 aliphatic carbocycles. The van der Waals surface area contributed by atoms with Crippen LogP contribution in [-0.2, 0) is 41.4 Å². The average Bonchev–Trinajstić information content (AvgIpc) is 3.40. The van der Waals surface area contributed by atoms with Crippen LogP contribution in [0.3, 0.4) is 0 Å². The molecule has 1 saturated heterocycles. The van der Waals surface area contributed by atoms with Crippen molar-refractivity contribution in [1.29, 1.82) is 0 Å². The van der Waals surface area contributed by atoms with E-state index in [1.54, 1.807) is 68.8 Å². The molecule has 1 aliphatic rings. The van der Waals surface area contributed by atoms with Crippen LogP contribution in [0.15, 0.2) is 36.4 Å². The number of hydrogen-bond donors (Lipinski definition) is 2. The number of benzene rings is 2. The zero-order valence-electron chi connectivity index (χ0n) is 31.5. The highest BCUT2D eigenvalue weighted by molar-refractivity contribution is 5.90. The molecule has 0 bridgehead atoms. The Morgan fingerprint density at radius 3 is 1.92 bits per heavy atom. The van der Waals surface area contributed by atoms with Crippen LogP contribution >= 0.6 is 0 Å². The molecule has 282 valence electrons. The number of methoxy groups -OCH3 is 3. The maximum Gasteiger partial charge on any atom is 0.408 e. The molecule has 13 nitrogen and oxygen atoms in total. The molecule has 2 aromatic rings. The molecule has 1 fully saturated rings. The molecule has 1 aliphatic heterocycles. The lowest BCUT2D eigenvalue weighted by Crippen LogP contribution is -2.55. The smallest absolute Gasteiger partial charge is 0.408 e. The fourth-order valence-electron chi connectivity index (χ4n) is 5.67. The Hall–Kier alpha value is -4.68. The summed E-state index contributed by atoms with van der Waals surface area (Å²) in [4.78, 5) is 51.2. The van der Waals surface area contributed by atoms with Crippen molar-refractivity contribution in [2.24, 2.45) is 23.7 Å². The van der Waals surface area contributed by atoms with Gasteiger partial charge in [0.05, 0.1) is 33.9 Å². The fraction of sp³-hybridized carbons (Fsp3) is 0.579. The lowest BCUT2D eigenvalue weighted by molar-refractivity contribution is -0.150. The maximum absolute atomic E-state index is 13.1. The molecule has 2 aromatic carbocycles. The molecule has 51 heavy (non-hydrogen) atoms. The lowest BCUT2D eigenvalue weighted by atomic mass is 9.85. The summed E-state index contributed by atoms with van der Waals surface area (Å²) in [5.41, 5.74) is 1.16. The third-order valence-corrected chi connectivity index (χ3v) is 8.37. The minimum Gasteiger partial charge on any atom is -0.493 e. The summed E-state index contributed by atoms with van der Waals surface area (Å²) in [7, 11) is 4.69. The summed E-state index contributed by atoms with van der Waals surface area (Å²) in [6.07, 6.45) is 0.367. The Kier molecular flexibility index (Phi) is 14.8. The number of nitrogens with one attached hydrogen (secondary N) is 2. The van der Waals surface area contributed by atoms with Crippen molar-refractivity contribution in [3.63, 3.8) is 0 Å². The number of rotatable bonds is 17. The van der Waals surface area contributed by atoms with E-state index in [4.69, 9.17) is 33.2 Å². The van der Waals surface area contributed by atoms with Gasteiger partial charge in [0.1, 0.15) is 30.9 Å². The van der Waals surface area contributed by atoms with Gasteiger partial charge in [-0.3, -0.25) is 9.59 Å². The van der Waals surface area contributed by atoms with Crippen LogP contribution in [0.4, 0.5) is 4.79 Å². The second-order valence-corrected chi connectivity index (χ2v) is 14.2. The number of ether oxygens (including phenoxy) is 7. The summed E-state index contributed by atoms with van der Waals surface area (Å²) >= 11 is 0. The van der Waals surface area contributed by atoms with Crippen LogP contribution < -0.4 is 29.6 Å². The summed E-state index contributed by atoms with van der Waals surface area (Å²) in [6.45, 7) is 12.6. The van der Waals surface area contributed by atoms with Crippen LogP contribution in [0.5, 0.6) is 23.0 Å². The van der Waals surface area contributed by atoms with E-state index in [-0.39, 0.29) is 42.9 Å². The van der Waals surface area contributed by atoms with E-state index in [0.29, 0.717) is 42.4 Å². The first-order valence-corrected chi connectivity index (χ1v) is 17.2. The predicted molar refractivity (Wildman–Crippen MR) is 189 cm³/mol. The average molecular weight is 715 g/mol. The van der Waals surface area contributed by atoms with E-state index in [9.17, 15) is 19.2 Å². The predicted octanol–water partition coefficient (Wildman–Crippen LogP) is 4.90. The van der Waals surface area contributed by atoms with Crippen LogP contribution in [0.25, 0.3) is 0 Å². The monoisotopic (exact) mass is 714 g/mol. The van der Waals surface area contributed by atoms with Crippen molar-refractivity contribution < 1.29 is 52.3 Å². The van der Waals surface area contributed by atoms with Gasteiger partial charge in [0, 0.05) is 5.92 Å². The van der Waals surface area contributed by atoms with E-state index in [1.807, 2.05) is 30.3 Å². The van der Waals surface area contributed by atoms with E-state index in [1.165, 1.54) is 7.11 Å². The van der Waals surface area contributed by atoms with Crippen LogP contribution in [-0.4, -0.2) is 82.8 Å². The van der Waals surface area contributed by atoms with Crippen molar-refractivity contribution in [2.45, 2.75) is 79.0 Å². The van der Waals surface area contributed by atoms with E-state index < -0.39 is 35.7 Å². The molecule has 0 radical (unpaired) electrons. The minimum absolute atomic E-state index is 0.0239. The zero-order chi connectivity index (χ0) is 37.9.